The zero-order valence-corrected chi connectivity index (χ0v) is 16.2. The Bertz CT molecular complexity index is 741. The summed E-state index contributed by atoms with van der Waals surface area (Å²) in [6.07, 6.45) is 1.12. The van der Waals surface area contributed by atoms with Gasteiger partial charge in [0.25, 0.3) is 10.0 Å². The van der Waals surface area contributed by atoms with Crippen LogP contribution in [0.4, 0.5) is 0 Å². The van der Waals surface area contributed by atoms with E-state index in [4.69, 9.17) is 0 Å². The average Bonchev–Trinajstić information content (AvgIpc) is 2.99. The molecule has 1 saturated heterocycles. The second-order valence-electron chi connectivity index (χ2n) is 6.64. The summed E-state index contributed by atoms with van der Waals surface area (Å²) in [5.41, 5.74) is 0. The third-order valence-corrected chi connectivity index (χ3v) is 7.63. The van der Waals surface area contributed by atoms with E-state index >= 15 is 0 Å². The molecule has 9 heteroatoms. The number of rotatable bonds is 6. The molecule has 2 heterocycles. The van der Waals surface area contributed by atoms with Crippen molar-refractivity contribution >= 4 is 33.2 Å². The zero-order valence-electron chi connectivity index (χ0n) is 14.6. The quantitative estimate of drug-likeness (QED) is 0.772. The molecule has 0 bridgehead atoms. The van der Waals surface area contributed by atoms with Crippen molar-refractivity contribution in [3.05, 3.63) is 17.0 Å². The molecule has 0 aromatic carbocycles. The molecule has 1 aromatic heterocycles. The monoisotopic (exact) mass is 388 g/mol. The number of carboxylic acids is 1. The molecule has 2 atom stereocenters. The van der Waals surface area contributed by atoms with Crippen molar-refractivity contribution < 1.29 is 23.1 Å². The lowest BCUT2D eigenvalue weighted by molar-refractivity contribution is -0.144. The number of hydrogen-bond acceptors (Lipinski definition) is 5. The minimum Gasteiger partial charge on any atom is -0.480 e. The van der Waals surface area contributed by atoms with Crippen LogP contribution in [0.15, 0.2) is 16.3 Å². The number of aliphatic carboxylic acids is 1. The molecule has 2 rings (SSSR count). The highest BCUT2D eigenvalue weighted by Gasteiger charge is 2.35. The van der Waals surface area contributed by atoms with Crippen LogP contribution < -0.4 is 5.32 Å². The second kappa shape index (κ2) is 7.84. The highest BCUT2D eigenvalue weighted by atomic mass is 32.2. The van der Waals surface area contributed by atoms with Crippen molar-refractivity contribution in [2.24, 2.45) is 11.8 Å². The Morgan fingerprint density at radius 2 is 2.04 bits per heavy atom. The van der Waals surface area contributed by atoms with Crippen molar-refractivity contribution in [1.29, 1.82) is 0 Å². The number of sulfonamides is 1. The summed E-state index contributed by atoms with van der Waals surface area (Å²) in [7, 11) is -3.61. The fraction of sp³-hybridized carbons (Fsp3) is 0.625. The number of nitrogens with zero attached hydrogens (tertiary/aromatic N) is 1. The molecule has 25 heavy (non-hydrogen) atoms. The number of carbonyl (C=O) groups excluding carboxylic acids is 1. The summed E-state index contributed by atoms with van der Waals surface area (Å²) in [4.78, 5) is 24.6. The largest absolute Gasteiger partial charge is 0.480 e. The van der Waals surface area contributed by atoms with Gasteiger partial charge in [-0.05, 0) is 37.8 Å². The van der Waals surface area contributed by atoms with Crippen molar-refractivity contribution in [3.8, 4) is 0 Å². The summed E-state index contributed by atoms with van der Waals surface area (Å²) < 4.78 is 27.0. The maximum atomic E-state index is 12.7. The van der Waals surface area contributed by atoms with Gasteiger partial charge in [-0.1, -0.05) is 13.8 Å². The first-order chi connectivity index (χ1) is 11.6. The number of nitrogens with one attached hydrogen (secondary N) is 1. The lowest BCUT2D eigenvalue weighted by Gasteiger charge is -2.31. The number of amides is 1. The third-order valence-electron chi connectivity index (χ3n) is 4.30. The Morgan fingerprint density at radius 3 is 2.56 bits per heavy atom. The van der Waals surface area contributed by atoms with Gasteiger partial charge in [-0.2, -0.15) is 4.31 Å². The van der Waals surface area contributed by atoms with Gasteiger partial charge in [0.2, 0.25) is 5.91 Å². The maximum Gasteiger partial charge on any atom is 0.326 e. The topological polar surface area (TPSA) is 104 Å². The van der Waals surface area contributed by atoms with Gasteiger partial charge in [0.15, 0.2) is 0 Å². The fourth-order valence-corrected chi connectivity index (χ4v) is 5.80. The lowest BCUT2D eigenvalue weighted by Crippen LogP contribution is -2.50. The summed E-state index contributed by atoms with van der Waals surface area (Å²) in [5.74, 6) is -2.27. The SMILES string of the molecule is Cc1ccc(S(=O)(=O)N2CCCC(C(=O)NC(C(=O)O)C(C)C)C2)s1. The van der Waals surface area contributed by atoms with Crippen molar-refractivity contribution in [2.45, 2.75) is 43.9 Å². The van der Waals surface area contributed by atoms with Crippen LogP contribution in [0.2, 0.25) is 0 Å². The van der Waals surface area contributed by atoms with E-state index < -0.39 is 33.9 Å². The van der Waals surface area contributed by atoms with Crippen LogP contribution in [0.3, 0.4) is 0 Å². The third kappa shape index (κ3) is 4.59. The van der Waals surface area contributed by atoms with Gasteiger partial charge in [0, 0.05) is 18.0 Å². The van der Waals surface area contributed by atoms with Crippen LogP contribution in [0.1, 0.15) is 31.6 Å². The van der Waals surface area contributed by atoms with Crippen molar-refractivity contribution in [1.82, 2.24) is 9.62 Å². The molecule has 0 radical (unpaired) electrons. The first kappa shape index (κ1) is 19.9. The zero-order chi connectivity index (χ0) is 18.8. The Labute approximate surface area is 152 Å². The molecule has 2 unspecified atom stereocenters. The predicted octanol–water partition coefficient (Wildman–Crippen LogP) is 1.68. The molecular weight excluding hydrogens is 364 g/mol. The smallest absolute Gasteiger partial charge is 0.326 e. The Hall–Kier alpha value is -1.45. The lowest BCUT2D eigenvalue weighted by atomic mass is 9.97. The van der Waals surface area contributed by atoms with Gasteiger partial charge in [-0.15, -0.1) is 11.3 Å². The number of aryl methyl sites for hydroxylation is 1. The molecule has 0 saturated carbocycles. The van der Waals surface area contributed by atoms with E-state index in [1.807, 2.05) is 6.92 Å². The van der Waals surface area contributed by atoms with Gasteiger partial charge in [-0.25, -0.2) is 13.2 Å². The Kier molecular flexibility index (Phi) is 6.23. The summed E-state index contributed by atoms with van der Waals surface area (Å²) in [5, 5.41) is 11.7. The van der Waals surface area contributed by atoms with Gasteiger partial charge in [0.05, 0.1) is 5.92 Å². The molecule has 1 aliphatic rings. The Balaban J connectivity index is 2.10. The molecule has 2 N–H and O–H groups in total. The standard InChI is InChI=1S/C16H24N2O5S2/c1-10(2)14(16(20)21)17-15(19)12-5-4-8-18(9-12)25(22,23)13-7-6-11(3)24-13/h6-7,10,12,14H,4-5,8-9H2,1-3H3,(H,17,19)(H,20,21). The maximum absolute atomic E-state index is 12.7. The van der Waals surface area contributed by atoms with E-state index in [0.29, 0.717) is 19.4 Å². The normalized spacial score (nSPS) is 20.4. The molecule has 1 aromatic rings. The first-order valence-electron chi connectivity index (χ1n) is 8.22. The van der Waals surface area contributed by atoms with E-state index in [9.17, 15) is 23.1 Å². The highest BCUT2D eigenvalue weighted by molar-refractivity contribution is 7.91. The van der Waals surface area contributed by atoms with E-state index in [0.717, 1.165) is 4.88 Å². The number of hydrogen-bond donors (Lipinski definition) is 2. The molecule has 0 spiro atoms. The number of carbonyl (C=O) groups is 2. The molecule has 140 valence electrons. The van der Waals surface area contributed by atoms with Crippen molar-refractivity contribution in [3.63, 3.8) is 0 Å². The second-order valence-corrected chi connectivity index (χ2v) is 10.1. The molecule has 7 nitrogen and oxygen atoms in total. The molecule has 0 aliphatic carbocycles. The number of piperidine rings is 1. The number of thiophene rings is 1. The van der Waals surface area contributed by atoms with Gasteiger partial charge in [-0.3, -0.25) is 4.79 Å². The van der Waals surface area contributed by atoms with E-state index in [1.54, 1.807) is 26.0 Å². The molecule has 1 amide bonds. The highest BCUT2D eigenvalue weighted by Crippen LogP contribution is 2.28. The van der Waals surface area contributed by atoms with Gasteiger partial charge >= 0.3 is 5.97 Å². The van der Waals surface area contributed by atoms with Crippen LogP contribution in [-0.2, 0) is 19.6 Å². The van der Waals surface area contributed by atoms with Gasteiger partial charge in [0.1, 0.15) is 10.3 Å². The average molecular weight is 389 g/mol. The molecular formula is C16H24N2O5S2. The van der Waals surface area contributed by atoms with Crippen molar-refractivity contribution in [2.75, 3.05) is 13.1 Å². The minimum absolute atomic E-state index is 0.0789. The molecule has 1 aliphatic heterocycles. The Morgan fingerprint density at radius 1 is 1.36 bits per heavy atom. The fourth-order valence-electron chi connectivity index (χ4n) is 2.84. The summed E-state index contributed by atoms with van der Waals surface area (Å²) in [6, 6.07) is 2.36. The summed E-state index contributed by atoms with van der Waals surface area (Å²) >= 11 is 1.21. The first-order valence-corrected chi connectivity index (χ1v) is 10.5. The number of carboxylic acid groups (broad SMARTS) is 1. The summed E-state index contributed by atoms with van der Waals surface area (Å²) in [6.45, 7) is 5.73. The van der Waals surface area contributed by atoms with Crippen LogP contribution in [0.5, 0.6) is 0 Å². The van der Waals surface area contributed by atoms with Crippen LogP contribution >= 0.6 is 11.3 Å². The van der Waals surface area contributed by atoms with E-state index in [2.05, 4.69) is 5.32 Å². The van der Waals surface area contributed by atoms with Gasteiger partial charge < -0.3 is 10.4 Å². The van der Waals surface area contributed by atoms with E-state index in [-0.39, 0.29) is 16.7 Å². The predicted molar refractivity (Wildman–Crippen MR) is 94.9 cm³/mol. The minimum atomic E-state index is -3.61. The van der Waals surface area contributed by atoms with Crippen LogP contribution in [0, 0.1) is 18.8 Å². The molecule has 1 fully saturated rings. The van der Waals surface area contributed by atoms with Crippen LogP contribution in [0.25, 0.3) is 0 Å². The van der Waals surface area contributed by atoms with Crippen LogP contribution in [-0.4, -0.2) is 48.8 Å². The van der Waals surface area contributed by atoms with E-state index in [1.165, 1.54) is 15.6 Å².